The van der Waals surface area contributed by atoms with E-state index >= 15 is 0 Å². The SMILES string of the molecule is Cc1nc(C)c(C(=O)N2CCO[C@@](C)(C(=O)NC3CCCC3)C2)s1. The molecular formula is C17H25N3O3S. The molecule has 1 saturated carbocycles. The number of carbonyl (C=O) groups excluding carboxylic acids is 2. The zero-order valence-corrected chi connectivity index (χ0v) is 15.4. The topological polar surface area (TPSA) is 71.5 Å². The van der Waals surface area contributed by atoms with Crippen LogP contribution in [0.5, 0.6) is 0 Å². The van der Waals surface area contributed by atoms with Crippen LogP contribution < -0.4 is 5.32 Å². The van der Waals surface area contributed by atoms with Crippen LogP contribution in [-0.4, -0.2) is 53.0 Å². The van der Waals surface area contributed by atoms with Gasteiger partial charge in [-0.2, -0.15) is 0 Å². The van der Waals surface area contributed by atoms with Gasteiger partial charge in [-0.1, -0.05) is 12.8 Å². The predicted octanol–water partition coefficient (Wildman–Crippen LogP) is 2.05. The molecule has 1 N–H and O–H groups in total. The van der Waals surface area contributed by atoms with Crippen molar-refractivity contribution in [2.45, 2.75) is 58.1 Å². The third-order valence-electron chi connectivity index (χ3n) is 4.83. The van der Waals surface area contributed by atoms with Crippen LogP contribution in [0.1, 0.15) is 53.0 Å². The highest BCUT2D eigenvalue weighted by atomic mass is 32.1. The highest BCUT2D eigenvalue weighted by molar-refractivity contribution is 7.13. The lowest BCUT2D eigenvalue weighted by Gasteiger charge is -2.39. The van der Waals surface area contributed by atoms with E-state index in [1.54, 1.807) is 11.8 Å². The molecule has 0 radical (unpaired) electrons. The van der Waals surface area contributed by atoms with Gasteiger partial charge >= 0.3 is 0 Å². The van der Waals surface area contributed by atoms with Crippen LogP contribution in [0.4, 0.5) is 0 Å². The lowest BCUT2D eigenvalue weighted by Crippen LogP contribution is -2.60. The first kappa shape index (κ1) is 17.4. The summed E-state index contributed by atoms with van der Waals surface area (Å²) in [6, 6.07) is 0.246. The molecule has 1 aliphatic heterocycles. The largest absolute Gasteiger partial charge is 0.362 e. The first-order valence-electron chi connectivity index (χ1n) is 8.57. The Morgan fingerprint density at radius 1 is 1.33 bits per heavy atom. The Morgan fingerprint density at radius 3 is 2.67 bits per heavy atom. The van der Waals surface area contributed by atoms with Crippen molar-refractivity contribution in [1.82, 2.24) is 15.2 Å². The number of morpholine rings is 1. The van der Waals surface area contributed by atoms with Crippen LogP contribution in [0.15, 0.2) is 0 Å². The van der Waals surface area contributed by atoms with E-state index in [0.29, 0.717) is 18.0 Å². The van der Waals surface area contributed by atoms with Gasteiger partial charge in [0.05, 0.1) is 23.9 Å². The van der Waals surface area contributed by atoms with Gasteiger partial charge in [0.2, 0.25) is 0 Å². The maximum Gasteiger partial charge on any atom is 0.266 e. The normalized spacial score (nSPS) is 25.0. The number of carbonyl (C=O) groups is 2. The monoisotopic (exact) mass is 351 g/mol. The molecule has 0 bridgehead atoms. The van der Waals surface area contributed by atoms with E-state index in [0.717, 1.165) is 36.4 Å². The Labute approximate surface area is 146 Å². The minimum Gasteiger partial charge on any atom is -0.362 e. The molecule has 1 atom stereocenters. The van der Waals surface area contributed by atoms with E-state index in [9.17, 15) is 9.59 Å². The van der Waals surface area contributed by atoms with E-state index in [1.807, 2.05) is 13.8 Å². The molecule has 1 saturated heterocycles. The summed E-state index contributed by atoms with van der Waals surface area (Å²) in [4.78, 5) is 32.2. The van der Waals surface area contributed by atoms with Gasteiger partial charge in [0.15, 0.2) is 5.60 Å². The fourth-order valence-electron chi connectivity index (χ4n) is 3.46. The minimum atomic E-state index is -0.982. The van der Waals surface area contributed by atoms with Gasteiger partial charge in [-0.15, -0.1) is 11.3 Å². The molecule has 2 heterocycles. The van der Waals surface area contributed by atoms with Gasteiger partial charge in [-0.05, 0) is 33.6 Å². The molecule has 1 aromatic rings. The minimum absolute atomic E-state index is 0.0544. The number of ether oxygens (including phenoxy) is 1. The van der Waals surface area contributed by atoms with Crippen molar-refractivity contribution in [3.05, 3.63) is 15.6 Å². The van der Waals surface area contributed by atoms with Gasteiger partial charge < -0.3 is 15.0 Å². The quantitative estimate of drug-likeness (QED) is 0.905. The van der Waals surface area contributed by atoms with Crippen LogP contribution in [-0.2, 0) is 9.53 Å². The second-order valence-electron chi connectivity index (χ2n) is 6.91. The fourth-order valence-corrected chi connectivity index (χ4v) is 4.35. The van der Waals surface area contributed by atoms with E-state index in [4.69, 9.17) is 4.74 Å². The van der Waals surface area contributed by atoms with Crippen LogP contribution in [0.2, 0.25) is 0 Å². The van der Waals surface area contributed by atoms with Crippen LogP contribution in [0.3, 0.4) is 0 Å². The summed E-state index contributed by atoms with van der Waals surface area (Å²) in [5, 5.41) is 3.97. The first-order valence-corrected chi connectivity index (χ1v) is 9.39. The van der Waals surface area contributed by atoms with Crippen molar-refractivity contribution < 1.29 is 14.3 Å². The average molecular weight is 351 g/mol. The van der Waals surface area contributed by atoms with Crippen molar-refractivity contribution >= 4 is 23.2 Å². The highest BCUT2D eigenvalue weighted by Gasteiger charge is 2.42. The molecular weight excluding hydrogens is 326 g/mol. The van der Waals surface area contributed by atoms with Crippen molar-refractivity contribution in [1.29, 1.82) is 0 Å². The zero-order chi connectivity index (χ0) is 17.3. The highest BCUT2D eigenvalue weighted by Crippen LogP contribution is 2.25. The number of nitrogens with zero attached hydrogens (tertiary/aromatic N) is 2. The Morgan fingerprint density at radius 2 is 2.04 bits per heavy atom. The van der Waals surface area contributed by atoms with Crippen molar-refractivity contribution in [3.63, 3.8) is 0 Å². The Kier molecular flexibility index (Phi) is 4.92. The van der Waals surface area contributed by atoms with Crippen LogP contribution >= 0.6 is 11.3 Å². The summed E-state index contributed by atoms with van der Waals surface area (Å²) < 4.78 is 5.77. The Balaban J connectivity index is 1.69. The van der Waals surface area contributed by atoms with Gasteiger partial charge in [0.1, 0.15) is 4.88 Å². The lowest BCUT2D eigenvalue weighted by molar-refractivity contribution is -0.154. The maximum atomic E-state index is 12.8. The summed E-state index contributed by atoms with van der Waals surface area (Å²) in [5.41, 5.74) is -0.226. The number of aryl methyl sites for hydroxylation is 2. The van der Waals surface area contributed by atoms with Crippen molar-refractivity contribution in [2.75, 3.05) is 19.7 Å². The first-order chi connectivity index (χ1) is 11.4. The third kappa shape index (κ3) is 3.47. The molecule has 1 aromatic heterocycles. The van der Waals surface area contributed by atoms with Crippen LogP contribution in [0.25, 0.3) is 0 Å². The van der Waals surface area contributed by atoms with Crippen LogP contribution in [0, 0.1) is 13.8 Å². The number of aromatic nitrogens is 1. The Hall–Kier alpha value is -1.47. The molecule has 2 amide bonds. The number of thiazole rings is 1. The molecule has 132 valence electrons. The van der Waals surface area contributed by atoms with Crippen molar-refractivity contribution in [2.24, 2.45) is 0 Å². The molecule has 0 spiro atoms. The number of hydrogen-bond donors (Lipinski definition) is 1. The predicted molar refractivity (Wildman–Crippen MR) is 92.2 cm³/mol. The molecule has 3 rings (SSSR count). The molecule has 0 aromatic carbocycles. The summed E-state index contributed by atoms with van der Waals surface area (Å²) >= 11 is 1.41. The van der Waals surface area contributed by atoms with E-state index in [-0.39, 0.29) is 24.4 Å². The molecule has 2 aliphatic rings. The summed E-state index contributed by atoms with van der Waals surface area (Å²) in [6.07, 6.45) is 4.39. The van der Waals surface area contributed by atoms with Gasteiger partial charge in [0.25, 0.3) is 11.8 Å². The Bertz CT molecular complexity index is 639. The molecule has 6 nitrogen and oxygen atoms in total. The third-order valence-corrected chi connectivity index (χ3v) is 5.89. The molecule has 1 aliphatic carbocycles. The standard InChI is InChI=1S/C17H25N3O3S/c1-11-14(24-12(2)18-11)15(21)20-8-9-23-17(3,10-20)16(22)19-13-6-4-5-7-13/h13H,4-10H2,1-3H3,(H,19,22)/t17-/m1/s1. The molecule has 24 heavy (non-hydrogen) atoms. The number of rotatable bonds is 3. The van der Waals surface area contributed by atoms with E-state index in [2.05, 4.69) is 10.3 Å². The molecule has 7 heteroatoms. The number of nitrogens with one attached hydrogen (secondary N) is 1. The second-order valence-corrected chi connectivity index (χ2v) is 8.11. The van der Waals surface area contributed by atoms with Crippen molar-refractivity contribution in [3.8, 4) is 0 Å². The van der Waals surface area contributed by atoms with E-state index in [1.165, 1.54) is 11.3 Å². The van der Waals surface area contributed by atoms with Gasteiger partial charge in [-0.3, -0.25) is 9.59 Å². The summed E-state index contributed by atoms with van der Waals surface area (Å²) in [6.45, 7) is 6.68. The van der Waals surface area contributed by atoms with E-state index < -0.39 is 5.60 Å². The van der Waals surface area contributed by atoms with Gasteiger partial charge in [0, 0.05) is 12.6 Å². The maximum absolute atomic E-state index is 12.8. The fraction of sp³-hybridized carbons (Fsp3) is 0.706. The summed E-state index contributed by atoms with van der Waals surface area (Å²) in [5.74, 6) is -0.162. The second kappa shape index (κ2) is 6.80. The smallest absolute Gasteiger partial charge is 0.266 e. The molecule has 0 unspecified atom stereocenters. The summed E-state index contributed by atoms with van der Waals surface area (Å²) in [7, 11) is 0. The number of hydrogen-bond acceptors (Lipinski definition) is 5. The molecule has 2 fully saturated rings. The zero-order valence-electron chi connectivity index (χ0n) is 14.6. The van der Waals surface area contributed by atoms with Gasteiger partial charge in [-0.25, -0.2) is 4.98 Å². The number of amides is 2. The average Bonchev–Trinajstić information content (AvgIpc) is 3.16. The lowest BCUT2D eigenvalue weighted by atomic mass is 10.0.